The molecule has 2 atom stereocenters. The smallest absolute Gasteiger partial charge is 0.254 e. The molecule has 0 aliphatic carbocycles. The summed E-state index contributed by atoms with van der Waals surface area (Å²) < 4.78 is 5.83. The average molecular weight is 380 g/mol. The SMILES string of the molecule is O=C(c1cccc(Oc2ccccc2)c1)N1CC[C@@H](O)[C@@]2(CCCNC2=O)C1. The second-order valence-corrected chi connectivity index (χ2v) is 7.49. The highest BCUT2D eigenvalue weighted by Crippen LogP contribution is 2.37. The van der Waals surface area contributed by atoms with Gasteiger partial charge in [-0.25, -0.2) is 0 Å². The Bertz CT molecular complexity index is 870. The Morgan fingerprint density at radius 2 is 1.93 bits per heavy atom. The molecule has 28 heavy (non-hydrogen) atoms. The van der Waals surface area contributed by atoms with Gasteiger partial charge in [-0.1, -0.05) is 24.3 Å². The van der Waals surface area contributed by atoms with E-state index in [9.17, 15) is 14.7 Å². The summed E-state index contributed by atoms with van der Waals surface area (Å²) in [4.78, 5) is 27.3. The van der Waals surface area contributed by atoms with Crippen molar-refractivity contribution in [1.29, 1.82) is 0 Å². The molecule has 2 heterocycles. The molecule has 1 spiro atoms. The number of para-hydroxylation sites is 1. The largest absolute Gasteiger partial charge is 0.457 e. The number of hydrogen-bond acceptors (Lipinski definition) is 4. The lowest BCUT2D eigenvalue weighted by Crippen LogP contribution is -2.62. The zero-order valence-corrected chi connectivity index (χ0v) is 15.6. The van der Waals surface area contributed by atoms with Gasteiger partial charge in [0.15, 0.2) is 0 Å². The van der Waals surface area contributed by atoms with Crippen LogP contribution in [0.1, 0.15) is 29.6 Å². The predicted molar refractivity (Wildman–Crippen MR) is 104 cm³/mol. The van der Waals surface area contributed by atoms with Crippen LogP contribution >= 0.6 is 0 Å². The molecule has 2 saturated heterocycles. The summed E-state index contributed by atoms with van der Waals surface area (Å²) in [5, 5.41) is 13.4. The average Bonchev–Trinajstić information content (AvgIpc) is 2.72. The van der Waals surface area contributed by atoms with E-state index in [1.807, 2.05) is 30.3 Å². The summed E-state index contributed by atoms with van der Waals surface area (Å²) in [7, 11) is 0. The standard InChI is InChI=1S/C22H24N2O4/c25-19-10-13-24(15-22(19)11-5-12-23-21(22)27)20(26)16-6-4-9-18(14-16)28-17-7-2-1-3-8-17/h1-4,6-9,14,19,25H,5,10-13,15H2,(H,23,27)/t19-,22-/m1/s1. The topological polar surface area (TPSA) is 78.9 Å². The van der Waals surface area contributed by atoms with Crippen LogP contribution < -0.4 is 10.1 Å². The first-order valence-electron chi connectivity index (χ1n) is 9.67. The highest BCUT2D eigenvalue weighted by molar-refractivity contribution is 5.95. The van der Waals surface area contributed by atoms with Gasteiger partial charge in [0.2, 0.25) is 5.91 Å². The van der Waals surface area contributed by atoms with E-state index in [0.717, 1.165) is 6.42 Å². The Hall–Kier alpha value is -2.86. The fourth-order valence-electron chi connectivity index (χ4n) is 4.12. The minimum Gasteiger partial charge on any atom is -0.457 e. The van der Waals surface area contributed by atoms with Crippen molar-refractivity contribution in [2.24, 2.45) is 5.41 Å². The van der Waals surface area contributed by atoms with Crippen molar-refractivity contribution in [3.63, 3.8) is 0 Å². The van der Waals surface area contributed by atoms with E-state index in [1.54, 1.807) is 29.2 Å². The van der Waals surface area contributed by atoms with Crippen LogP contribution in [0.2, 0.25) is 0 Å². The highest BCUT2D eigenvalue weighted by atomic mass is 16.5. The molecule has 2 amide bonds. The van der Waals surface area contributed by atoms with Crippen molar-refractivity contribution >= 4 is 11.8 Å². The first-order valence-corrected chi connectivity index (χ1v) is 9.67. The number of carbonyl (C=O) groups is 2. The second-order valence-electron chi connectivity index (χ2n) is 7.49. The van der Waals surface area contributed by atoms with Crippen LogP contribution in [0.3, 0.4) is 0 Å². The van der Waals surface area contributed by atoms with Crippen molar-refractivity contribution in [2.75, 3.05) is 19.6 Å². The van der Waals surface area contributed by atoms with Gasteiger partial charge in [0.1, 0.15) is 11.5 Å². The molecule has 2 N–H and O–H groups in total. The van der Waals surface area contributed by atoms with Crippen LogP contribution in [-0.4, -0.2) is 47.6 Å². The molecule has 6 nitrogen and oxygen atoms in total. The number of amides is 2. The molecule has 0 aromatic heterocycles. The molecule has 6 heteroatoms. The Morgan fingerprint density at radius 3 is 2.71 bits per heavy atom. The van der Waals surface area contributed by atoms with Gasteiger partial charge >= 0.3 is 0 Å². The van der Waals surface area contributed by atoms with E-state index in [-0.39, 0.29) is 18.4 Å². The number of hydrogen-bond donors (Lipinski definition) is 2. The lowest BCUT2D eigenvalue weighted by Gasteiger charge is -2.46. The number of carbonyl (C=O) groups excluding carboxylic acids is 2. The van der Waals surface area contributed by atoms with Crippen molar-refractivity contribution in [3.8, 4) is 11.5 Å². The Kier molecular flexibility index (Phi) is 5.05. The minimum atomic E-state index is -0.899. The number of aliphatic hydroxyl groups excluding tert-OH is 1. The van der Waals surface area contributed by atoms with Crippen molar-refractivity contribution in [3.05, 3.63) is 60.2 Å². The molecule has 2 fully saturated rings. The third kappa shape index (κ3) is 3.47. The quantitative estimate of drug-likeness (QED) is 0.858. The first kappa shape index (κ1) is 18.5. The van der Waals surface area contributed by atoms with E-state index in [2.05, 4.69) is 5.32 Å². The molecule has 146 valence electrons. The maximum absolute atomic E-state index is 13.1. The molecule has 2 aromatic rings. The summed E-state index contributed by atoms with van der Waals surface area (Å²) in [6, 6.07) is 16.4. The van der Waals surface area contributed by atoms with E-state index in [4.69, 9.17) is 4.74 Å². The lowest BCUT2D eigenvalue weighted by molar-refractivity contribution is -0.147. The van der Waals surface area contributed by atoms with Crippen LogP contribution in [-0.2, 0) is 4.79 Å². The fourth-order valence-corrected chi connectivity index (χ4v) is 4.12. The van der Waals surface area contributed by atoms with Gasteiger partial charge < -0.3 is 20.1 Å². The first-order chi connectivity index (χ1) is 13.6. The molecule has 0 saturated carbocycles. The minimum absolute atomic E-state index is 0.148. The number of ether oxygens (including phenoxy) is 1. The van der Waals surface area contributed by atoms with Gasteiger partial charge in [-0.3, -0.25) is 9.59 Å². The number of nitrogens with one attached hydrogen (secondary N) is 1. The maximum atomic E-state index is 13.1. The van der Waals surface area contributed by atoms with Crippen LogP contribution in [0, 0.1) is 5.41 Å². The van der Waals surface area contributed by atoms with E-state index < -0.39 is 11.5 Å². The maximum Gasteiger partial charge on any atom is 0.254 e. The Balaban J connectivity index is 1.53. The van der Waals surface area contributed by atoms with Crippen molar-refractivity contribution in [1.82, 2.24) is 10.2 Å². The number of piperidine rings is 2. The predicted octanol–water partition coefficient (Wildman–Crippen LogP) is 2.58. The Morgan fingerprint density at radius 1 is 1.14 bits per heavy atom. The van der Waals surface area contributed by atoms with E-state index in [0.29, 0.717) is 43.0 Å². The highest BCUT2D eigenvalue weighted by Gasteiger charge is 2.50. The van der Waals surface area contributed by atoms with Gasteiger partial charge in [0, 0.05) is 25.2 Å². The number of benzene rings is 2. The molecule has 2 aliphatic heterocycles. The molecule has 2 aliphatic rings. The van der Waals surface area contributed by atoms with Crippen LogP contribution in [0.4, 0.5) is 0 Å². The van der Waals surface area contributed by atoms with Gasteiger partial charge in [0.05, 0.1) is 11.5 Å². The van der Waals surface area contributed by atoms with Crippen molar-refractivity contribution < 1.29 is 19.4 Å². The van der Waals surface area contributed by atoms with Crippen LogP contribution in [0.25, 0.3) is 0 Å². The zero-order valence-electron chi connectivity index (χ0n) is 15.6. The third-order valence-corrected chi connectivity index (χ3v) is 5.67. The third-order valence-electron chi connectivity index (χ3n) is 5.67. The number of nitrogens with zero attached hydrogens (tertiary/aromatic N) is 1. The summed E-state index contributed by atoms with van der Waals surface area (Å²) >= 11 is 0. The van der Waals surface area contributed by atoms with E-state index in [1.165, 1.54) is 0 Å². The normalized spacial score (nSPS) is 24.7. The number of likely N-dealkylation sites (tertiary alicyclic amines) is 1. The van der Waals surface area contributed by atoms with Gasteiger partial charge in [-0.2, -0.15) is 0 Å². The second kappa shape index (κ2) is 7.64. The molecular formula is C22H24N2O4. The summed E-state index contributed by atoms with van der Waals surface area (Å²) in [6.45, 7) is 1.29. The van der Waals surface area contributed by atoms with Gasteiger partial charge in [-0.15, -0.1) is 0 Å². The molecule has 0 bridgehead atoms. The fraction of sp³-hybridized carbons (Fsp3) is 0.364. The van der Waals surface area contributed by atoms with E-state index >= 15 is 0 Å². The lowest BCUT2D eigenvalue weighted by atomic mass is 9.71. The molecule has 0 radical (unpaired) electrons. The molecule has 0 unspecified atom stereocenters. The molecule has 4 rings (SSSR count). The van der Waals surface area contributed by atoms with Crippen molar-refractivity contribution in [2.45, 2.75) is 25.4 Å². The van der Waals surface area contributed by atoms with Gasteiger partial charge in [0.25, 0.3) is 5.91 Å². The monoisotopic (exact) mass is 380 g/mol. The molecular weight excluding hydrogens is 356 g/mol. The zero-order chi connectivity index (χ0) is 19.6. The van der Waals surface area contributed by atoms with Gasteiger partial charge in [-0.05, 0) is 49.6 Å². The van der Waals surface area contributed by atoms with Crippen LogP contribution in [0.5, 0.6) is 11.5 Å². The summed E-state index contributed by atoms with van der Waals surface area (Å²) in [5.74, 6) is 0.985. The Labute approximate surface area is 164 Å². The summed E-state index contributed by atoms with van der Waals surface area (Å²) in [5.41, 5.74) is -0.388. The summed E-state index contributed by atoms with van der Waals surface area (Å²) in [6.07, 6.45) is 1.09. The molecule has 2 aromatic carbocycles. The number of aliphatic hydroxyl groups is 1. The van der Waals surface area contributed by atoms with Crippen LogP contribution in [0.15, 0.2) is 54.6 Å². The number of rotatable bonds is 3.